The Labute approximate surface area is 116 Å². The van der Waals surface area contributed by atoms with Crippen LogP contribution >= 0.6 is 15.9 Å². The van der Waals surface area contributed by atoms with Crippen LogP contribution in [0.2, 0.25) is 0 Å². The van der Waals surface area contributed by atoms with Gasteiger partial charge in [0.15, 0.2) is 0 Å². The van der Waals surface area contributed by atoms with E-state index in [-0.39, 0.29) is 17.5 Å². The molecule has 0 aliphatic carbocycles. The molecule has 1 aromatic carbocycles. The Balaban J connectivity index is 2.28. The molecule has 1 aromatic heterocycles. The number of nitro benzene ring substituents is 1. The molecule has 0 spiro atoms. The number of hydrogen-bond donors (Lipinski definition) is 1. The molecule has 2 rings (SSSR count). The SMILES string of the molecule is Cc1cc(Oc2nc(N)cc(Br)n2)ccc1[N+](=O)[O-]. The zero-order chi connectivity index (χ0) is 14.0. The number of nitro groups is 1. The van der Waals surface area contributed by atoms with E-state index in [1.165, 1.54) is 18.2 Å². The molecule has 0 saturated carbocycles. The maximum absolute atomic E-state index is 10.7. The average molecular weight is 325 g/mol. The van der Waals surface area contributed by atoms with E-state index < -0.39 is 4.92 Å². The Bertz CT molecular complexity index is 628. The van der Waals surface area contributed by atoms with E-state index in [1.807, 2.05) is 0 Å². The highest BCUT2D eigenvalue weighted by molar-refractivity contribution is 9.10. The summed E-state index contributed by atoms with van der Waals surface area (Å²) in [5.74, 6) is 0.663. The lowest BCUT2D eigenvalue weighted by atomic mass is 10.2. The first-order chi connectivity index (χ1) is 8.95. The lowest BCUT2D eigenvalue weighted by Gasteiger charge is -2.05. The molecule has 98 valence electrons. The second kappa shape index (κ2) is 5.19. The number of nitrogens with two attached hydrogens (primary N) is 1. The van der Waals surface area contributed by atoms with Crippen LogP contribution in [-0.4, -0.2) is 14.9 Å². The third kappa shape index (κ3) is 3.16. The lowest BCUT2D eigenvalue weighted by molar-refractivity contribution is -0.385. The second-order valence-electron chi connectivity index (χ2n) is 3.71. The Morgan fingerprint density at radius 2 is 2.11 bits per heavy atom. The first kappa shape index (κ1) is 13.2. The fourth-order valence-corrected chi connectivity index (χ4v) is 1.85. The van der Waals surface area contributed by atoms with E-state index in [1.54, 1.807) is 13.0 Å². The van der Waals surface area contributed by atoms with Gasteiger partial charge in [-0.05, 0) is 35.0 Å². The fourth-order valence-electron chi connectivity index (χ4n) is 1.46. The molecule has 1 heterocycles. The molecule has 0 aliphatic rings. The number of rotatable bonds is 3. The average Bonchev–Trinajstić information content (AvgIpc) is 2.26. The summed E-state index contributed by atoms with van der Waals surface area (Å²) in [5.41, 5.74) is 6.08. The number of aromatic nitrogens is 2. The topological polar surface area (TPSA) is 104 Å². The van der Waals surface area contributed by atoms with Crippen molar-refractivity contribution in [3.63, 3.8) is 0 Å². The number of anilines is 1. The highest BCUT2D eigenvalue weighted by Crippen LogP contribution is 2.26. The van der Waals surface area contributed by atoms with Crippen LogP contribution in [-0.2, 0) is 0 Å². The highest BCUT2D eigenvalue weighted by Gasteiger charge is 2.12. The molecular formula is C11H9BrN4O3. The van der Waals surface area contributed by atoms with Crippen LogP contribution < -0.4 is 10.5 Å². The molecule has 2 N–H and O–H groups in total. The zero-order valence-corrected chi connectivity index (χ0v) is 11.4. The molecule has 0 unspecified atom stereocenters. The van der Waals surface area contributed by atoms with Gasteiger partial charge in [-0.2, -0.15) is 9.97 Å². The predicted octanol–water partition coefficient (Wildman–Crippen LogP) is 2.83. The Morgan fingerprint density at radius 1 is 1.37 bits per heavy atom. The summed E-state index contributed by atoms with van der Waals surface area (Å²) in [5, 5.41) is 10.7. The number of nitrogen functional groups attached to an aromatic ring is 1. The predicted molar refractivity (Wildman–Crippen MR) is 72.1 cm³/mol. The first-order valence-electron chi connectivity index (χ1n) is 5.18. The maximum Gasteiger partial charge on any atom is 0.325 e. The molecule has 0 saturated heterocycles. The van der Waals surface area contributed by atoms with E-state index in [0.717, 1.165) is 0 Å². The molecular weight excluding hydrogens is 316 g/mol. The number of benzene rings is 1. The van der Waals surface area contributed by atoms with Gasteiger partial charge in [0, 0.05) is 17.7 Å². The van der Waals surface area contributed by atoms with Crippen molar-refractivity contribution in [2.75, 3.05) is 5.73 Å². The van der Waals surface area contributed by atoms with Crippen molar-refractivity contribution in [3.05, 3.63) is 44.5 Å². The maximum atomic E-state index is 10.7. The molecule has 8 heteroatoms. The summed E-state index contributed by atoms with van der Waals surface area (Å²) >= 11 is 3.17. The van der Waals surface area contributed by atoms with Crippen molar-refractivity contribution in [1.29, 1.82) is 0 Å². The smallest absolute Gasteiger partial charge is 0.325 e. The van der Waals surface area contributed by atoms with Crippen LogP contribution in [0.3, 0.4) is 0 Å². The van der Waals surface area contributed by atoms with Crippen molar-refractivity contribution >= 4 is 27.4 Å². The first-order valence-corrected chi connectivity index (χ1v) is 5.98. The molecule has 2 aromatic rings. The largest absolute Gasteiger partial charge is 0.424 e. The minimum Gasteiger partial charge on any atom is -0.424 e. The molecule has 7 nitrogen and oxygen atoms in total. The van der Waals surface area contributed by atoms with E-state index in [0.29, 0.717) is 15.9 Å². The molecule has 0 bridgehead atoms. The molecule has 19 heavy (non-hydrogen) atoms. The number of aryl methyl sites for hydroxylation is 1. The standard InChI is InChI=1S/C11H9BrN4O3/c1-6-4-7(2-3-8(6)16(17)18)19-11-14-9(12)5-10(13)15-11/h2-5H,1H3,(H2,13,14,15). The zero-order valence-electron chi connectivity index (χ0n) is 9.83. The van der Waals surface area contributed by atoms with Crippen molar-refractivity contribution in [2.45, 2.75) is 6.92 Å². The van der Waals surface area contributed by atoms with Gasteiger partial charge >= 0.3 is 6.01 Å². The van der Waals surface area contributed by atoms with E-state index in [4.69, 9.17) is 10.5 Å². The summed E-state index contributed by atoms with van der Waals surface area (Å²) in [7, 11) is 0. The summed E-state index contributed by atoms with van der Waals surface area (Å²) in [4.78, 5) is 18.1. The number of ether oxygens (including phenoxy) is 1. The lowest BCUT2D eigenvalue weighted by Crippen LogP contribution is -1.98. The van der Waals surface area contributed by atoms with Crippen LogP contribution in [0.5, 0.6) is 11.8 Å². The van der Waals surface area contributed by atoms with Crippen LogP contribution in [0.1, 0.15) is 5.56 Å². The van der Waals surface area contributed by atoms with Gasteiger partial charge in [-0.1, -0.05) is 0 Å². The van der Waals surface area contributed by atoms with Gasteiger partial charge < -0.3 is 10.5 Å². The Morgan fingerprint density at radius 3 is 2.68 bits per heavy atom. The molecule has 0 aliphatic heterocycles. The second-order valence-corrected chi connectivity index (χ2v) is 4.52. The minimum atomic E-state index is -0.452. The van der Waals surface area contributed by atoms with Gasteiger partial charge in [-0.3, -0.25) is 10.1 Å². The van der Waals surface area contributed by atoms with Gasteiger partial charge in [0.25, 0.3) is 5.69 Å². The highest BCUT2D eigenvalue weighted by atomic mass is 79.9. The number of nitrogens with zero attached hydrogens (tertiary/aromatic N) is 3. The third-order valence-electron chi connectivity index (χ3n) is 2.27. The molecule has 0 radical (unpaired) electrons. The Kier molecular flexibility index (Phi) is 3.61. The van der Waals surface area contributed by atoms with Gasteiger partial charge in [0.2, 0.25) is 0 Å². The van der Waals surface area contributed by atoms with Crippen LogP contribution in [0.25, 0.3) is 0 Å². The van der Waals surface area contributed by atoms with Gasteiger partial charge in [0.05, 0.1) is 4.92 Å². The van der Waals surface area contributed by atoms with E-state index >= 15 is 0 Å². The van der Waals surface area contributed by atoms with Crippen molar-refractivity contribution in [3.8, 4) is 11.8 Å². The van der Waals surface area contributed by atoms with Crippen molar-refractivity contribution in [2.24, 2.45) is 0 Å². The van der Waals surface area contributed by atoms with Gasteiger partial charge in [0.1, 0.15) is 16.2 Å². The Hall–Kier alpha value is -2.22. The summed E-state index contributed by atoms with van der Waals surface area (Å²) in [6.45, 7) is 1.63. The van der Waals surface area contributed by atoms with Gasteiger partial charge in [-0.15, -0.1) is 0 Å². The monoisotopic (exact) mass is 324 g/mol. The van der Waals surface area contributed by atoms with E-state index in [9.17, 15) is 10.1 Å². The summed E-state index contributed by atoms with van der Waals surface area (Å²) < 4.78 is 5.89. The third-order valence-corrected chi connectivity index (χ3v) is 2.67. The molecule has 0 fully saturated rings. The van der Waals surface area contributed by atoms with Gasteiger partial charge in [-0.25, -0.2) is 0 Å². The van der Waals surface area contributed by atoms with Crippen molar-refractivity contribution in [1.82, 2.24) is 9.97 Å². The van der Waals surface area contributed by atoms with Crippen LogP contribution in [0, 0.1) is 17.0 Å². The quantitative estimate of drug-likeness (QED) is 0.528. The fraction of sp³-hybridized carbons (Fsp3) is 0.0909. The molecule has 0 atom stereocenters. The summed E-state index contributed by atoms with van der Waals surface area (Å²) in [6, 6.07) is 5.99. The number of halogens is 1. The van der Waals surface area contributed by atoms with Crippen molar-refractivity contribution < 1.29 is 9.66 Å². The summed E-state index contributed by atoms with van der Waals surface area (Å²) in [6.07, 6.45) is 0. The van der Waals surface area contributed by atoms with Crippen LogP contribution in [0.4, 0.5) is 11.5 Å². The minimum absolute atomic E-state index is 0.0297. The van der Waals surface area contributed by atoms with E-state index in [2.05, 4.69) is 25.9 Å². The molecule has 0 amide bonds. The van der Waals surface area contributed by atoms with Crippen LogP contribution in [0.15, 0.2) is 28.9 Å². The number of hydrogen-bond acceptors (Lipinski definition) is 6. The normalized spacial score (nSPS) is 10.2.